The summed E-state index contributed by atoms with van der Waals surface area (Å²) in [7, 11) is 0. The van der Waals surface area contributed by atoms with Crippen LogP contribution < -0.4 is 0 Å². The van der Waals surface area contributed by atoms with Gasteiger partial charge in [0.05, 0.1) is 66.3 Å². The van der Waals surface area contributed by atoms with Crippen LogP contribution in [0.3, 0.4) is 0 Å². The van der Waals surface area contributed by atoms with E-state index >= 15 is 0 Å². The van der Waals surface area contributed by atoms with Crippen LogP contribution in [0, 0.1) is 0 Å². The Bertz CT molecular complexity index is 3790. The van der Waals surface area contributed by atoms with Gasteiger partial charge in [0, 0.05) is 10.8 Å². The molecule has 0 bridgehead atoms. The van der Waals surface area contributed by atoms with Gasteiger partial charge in [0.1, 0.15) is 22.3 Å². The highest BCUT2D eigenvalue weighted by Crippen LogP contribution is 2.42. The van der Waals surface area contributed by atoms with Gasteiger partial charge < -0.3 is 8.83 Å². The molecular weight excluding hydrogens is 717 g/mol. The number of rotatable bonds is 3. The predicted molar refractivity (Wildman–Crippen MR) is 233 cm³/mol. The van der Waals surface area contributed by atoms with Crippen LogP contribution >= 0.6 is 0 Å². The van der Waals surface area contributed by atoms with Crippen LogP contribution in [0.15, 0.2) is 179 Å². The van der Waals surface area contributed by atoms with Crippen LogP contribution in [0.2, 0.25) is 0 Å². The smallest absolute Gasteiger partial charge is 0.220 e. The Balaban J connectivity index is 0.999. The second kappa shape index (κ2) is 10.8. The van der Waals surface area contributed by atoms with Crippen molar-refractivity contribution >= 4 is 99.6 Å². The van der Waals surface area contributed by atoms with Crippen molar-refractivity contribution in [2.45, 2.75) is 0 Å². The summed E-state index contributed by atoms with van der Waals surface area (Å²) in [5, 5.41) is 4.17. The summed E-state index contributed by atoms with van der Waals surface area (Å²) in [4.78, 5) is 10.3. The number of hydrogen-bond donors (Lipinski definition) is 0. The Morgan fingerprint density at radius 1 is 0.345 bits per heavy atom. The zero-order valence-corrected chi connectivity index (χ0v) is 30.7. The van der Waals surface area contributed by atoms with E-state index in [9.17, 15) is 0 Å². The molecule has 0 spiro atoms. The van der Waals surface area contributed by atoms with Crippen LogP contribution in [0.4, 0.5) is 0 Å². The van der Waals surface area contributed by atoms with Crippen molar-refractivity contribution in [1.29, 1.82) is 0 Å². The molecule has 6 aromatic heterocycles. The van der Waals surface area contributed by atoms with Crippen molar-refractivity contribution in [2.75, 3.05) is 0 Å². The lowest BCUT2D eigenvalue weighted by atomic mass is 10.00. The normalized spacial score (nSPS) is 12.5. The number of hydrogen-bond acceptors (Lipinski definition) is 4. The average molecular weight is 745 g/mol. The highest BCUT2D eigenvalue weighted by atomic mass is 16.3. The SMILES string of the molecule is c1ccc2c(c1)nc1n(-c3cccc4oc5ccc(-c6ccc7oc8cccc(-n9c%10ccccc%10n%10c%11ccccc%11nc9%10)c8c7c6)cc5c34)c3ccccc3n21. The van der Waals surface area contributed by atoms with Crippen molar-refractivity contribution in [3.8, 4) is 22.5 Å². The maximum atomic E-state index is 6.56. The van der Waals surface area contributed by atoms with E-state index < -0.39 is 0 Å². The molecule has 0 amide bonds. The monoisotopic (exact) mass is 744 g/mol. The van der Waals surface area contributed by atoms with E-state index in [1.165, 1.54) is 0 Å². The Morgan fingerprint density at radius 3 is 1.22 bits per heavy atom. The molecule has 14 aromatic rings. The van der Waals surface area contributed by atoms with Gasteiger partial charge in [0.25, 0.3) is 0 Å². The molecule has 58 heavy (non-hydrogen) atoms. The van der Waals surface area contributed by atoms with Crippen LogP contribution in [0.25, 0.3) is 122 Å². The summed E-state index contributed by atoms with van der Waals surface area (Å²) in [6.45, 7) is 0. The molecule has 270 valence electrons. The summed E-state index contributed by atoms with van der Waals surface area (Å²) in [5.41, 5.74) is 16.0. The number of para-hydroxylation sites is 8. The average Bonchev–Trinajstić information content (AvgIpc) is 4.11. The highest BCUT2D eigenvalue weighted by Gasteiger charge is 2.23. The summed E-state index contributed by atoms with van der Waals surface area (Å²) in [5.74, 6) is 1.73. The summed E-state index contributed by atoms with van der Waals surface area (Å²) in [6, 6.07) is 59.3. The van der Waals surface area contributed by atoms with Crippen molar-refractivity contribution in [2.24, 2.45) is 0 Å². The summed E-state index contributed by atoms with van der Waals surface area (Å²) in [6.07, 6.45) is 0. The third kappa shape index (κ3) is 3.83. The molecule has 0 unspecified atom stereocenters. The number of benzene rings is 8. The molecule has 8 heteroatoms. The van der Waals surface area contributed by atoms with Crippen molar-refractivity contribution in [3.05, 3.63) is 170 Å². The fourth-order valence-corrected chi connectivity index (χ4v) is 9.52. The van der Waals surface area contributed by atoms with Gasteiger partial charge in [-0.25, -0.2) is 9.97 Å². The van der Waals surface area contributed by atoms with E-state index in [1.807, 2.05) is 12.1 Å². The second-order valence-electron chi connectivity index (χ2n) is 15.0. The Hall–Kier alpha value is -8.10. The number of imidazole rings is 4. The Kier molecular flexibility index (Phi) is 5.62. The van der Waals surface area contributed by atoms with Gasteiger partial charge in [-0.3, -0.25) is 17.9 Å². The number of nitrogens with zero attached hydrogens (tertiary/aromatic N) is 6. The first-order valence-corrected chi connectivity index (χ1v) is 19.4. The molecule has 14 rings (SSSR count). The first-order valence-electron chi connectivity index (χ1n) is 19.4. The molecule has 0 atom stereocenters. The molecular formula is C50H28N6O2. The Labute approximate surface area is 327 Å². The molecule has 0 radical (unpaired) electrons. The lowest BCUT2D eigenvalue weighted by molar-refractivity contribution is 0.668. The van der Waals surface area contributed by atoms with E-state index in [-0.39, 0.29) is 0 Å². The minimum Gasteiger partial charge on any atom is -0.456 e. The lowest BCUT2D eigenvalue weighted by Crippen LogP contribution is -1.96. The first-order chi connectivity index (χ1) is 28.8. The summed E-state index contributed by atoms with van der Waals surface area (Å²) >= 11 is 0. The van der Waals surface area contributed by atoms with E-state index in [4.69, 9.17) is 18.8 Å². The lowest BCUT2D eigenvalue weighted by Gasteiger charge is -2.08. The van der Waals surface area contributed by atoms with Gasteiger partial charge in [-0.2, -0.15) is 0 Å². The van der Waals surface area contributed by atoms with Crippen molar-refractivity contribution in [3.63, 3.8) is 0 Å². The van der Waals surface area contributed by atoms with E-state index in [1.54, 1.807) is 0 Å². The van der Waals surface area contributed by atoms with Crippen LogP contribution in [0.5, 0.6) is 0 Å². The fourth-order valence-electron chi connectivity index (χ4n) is 9.52. The maximum Gasteiger partial charge on any atom is 0.220 e. The zero-order chi connectivity index (χ0) is 37.6. The van der Waals surface area contributed by atoms with Gasteiger partial charge in [-0.15, -0.1) is 0 Å². The minimum atomic E-state index is 0.828. The number of furan rings is 2. The molecule has 8 nitrogen and oxygen atoms in total. The maximum absolute atomic E-state index is 6.56. The molecule has 0 aliphatic carbocycles. The minimum absolute atomic E-state index is 0.828. The predicted octanol–water partition coefficient (Wildman–Crippen LogP) is 12.6. The molecule has 6 heterocycles. The van der Waals surface area contributed by atoms with Gasteiger partial charge in [-0.05, 0) is 108 Å². The third-order valence-corrected chi connectivity index (χ3v) is 12.0. The molecule has 0 aliphatic rings. The molecule has 0 saturated carbocycles. The van der Waals surface area contributed by atoms with Crippen LogP contribution in [0.1, 0.15) is 0 Å². The van der Waals surface area contributed by atoms with Gasteiger partial charge >= 0.3 is 0 Å². The third-order valence-electron chi connectivity index (χ3n) is 12.0. The number of aromatic nitrogens is 6. The first kappa shape index (κ1) is 30.2. The van der Waals surface area contributed by atoms with E-state index in [2.05, 4.69) is 176 Å². The second-order valence-corrected chi connectivity index (χ2v) is 15.0. The largest absolute Gasteiger partial charge is 0.456 e. The topological polar surface area (TPSA) is 70.7 Å². The zero-order valence-electron chi connectivity index (χ0n) is 30.7. The van der Waals surface area contributed by atoms with Gasteiger partial charge in [-0.1, -0.05) is 72.8 Å². The molecule has 0 N–H and O–H groups in total. The molecule has 0 aliphatic heterocycles. The summed E-state index contributed by atoms with van der Waals surface area (Å²) < 4.78 is 22.2. The Morgan fingerprint density at radius 2 is 0.759 bits per heavy atom. The quantitative estimate of drug-likeness (QED) is 0.181. The standard InChI is InChI=1S/C50H28N6O2/c1-3-13-35-33(11-1)51-49-53(35)37-15-5-7-17-39(37)55(49)41-19-9-21-45-47(41)31-27-29(23-25-43(31)57-45)30-24-26-44-32(28-30)48-42(20-10-22-46(48)58-44)56-40-18-8-6-16-38(40)54-36-14-4-2-12-34(36)52-50(54)56/h1-28H. The van der Waals surface area contributed by atoms with E-state index in [0.29, 0.717) is 0 Å². The van der Waals surface area contributed by atoms with Crippen molar-refractivity contribution < 1.29 is 8.83 Å². The molecule has 0 saturated heterocycles. The fraction of sp³-hybridized carbons (Fsp3) is 0. The highest BCUT2D eigenvalue weighted by molar-refractivity contribution is 6.14. The van der Waals surface area contributed by atoms with Crippen molar-refractivity contribution in [1.82, 2.24) is 27.9 Å². The van der Waals surface area contributed by atoms with E-state index in [0.717, 1.165) is 122 Å². The van der Waals surface area contributed by atoms with Gasteiger partial charge in [0.2, 0.25) is 11.6 Å². The van der Waals surface area contributed by atoms with Crippen LogP contribution in [-0.4, -0.2) is 27.9 Å². The molecule has 8 aromatic carbocycles. The molecule has 0 fully saturated rings. The van der Waals surface area contributed by atoms with Gasteiger partial charge in [0.15, 0.2) is 0 Å². The van der Waals surface area contributed by atoms with Crippen LogP contribution in [-0.2, 0) is 0 Å². The number of fused-ring (bicyclic) bond motifs is 16.